The second-order valence-corrected chi connectivity index (χ2v) is 11.3. The number of H-pyrrole nitrogens is 1. The van der Waals surface area contributed by atoms with E-state index in [1.54, 1.807) is 17.9 Å². The van der Waals surface area contributed by atoms with Crippen molar-refractivity contribution in [2.24, 2.45) is 7.05 Å². The summed E-state index contributed by atoms with van der Waals surface area (Å²) in [5.74, 6) is 0.619. The number of methoxy groups -OCH3 is 1. The van der Waals surface area contributed by atoms with Crippen LogP contribution in [-0.2, 0) is 18.3 Å². The second kappa shape index (κ2) is 13.5. The van der Waals surface area contributed by atoms with E-state index in [0.29, 0.717) is 42.1 Å². The Kier molecular flexibility index (Phi) is 9.06. The lowest BCUT2D eigenvalue weighted by atomic mass is 10.1. The molecule has 0 atom stereocenters. The van der Waals surface area contributed by atoms with Crippen molar-refractivity contribution in [3.05, 3.63) is 77.7 Å². The van der Waals surface area contributed by atoms with Gasteiger partial charge in [0.1, 0.15) is 12.3 Å². The number of benzene rings is 2. The molecule has 1 saturated heterocycles. The van der Waals surface area contributed by atoms with Gasteiger partial charge in [-0.25, -0.2) is 0 Å². The number of carbonyl (C=O) groups excluding carboxylic acids is 1. The van der Waals surface area contributed by atoms with Crippen LogP contribution >= 0.6 is 0 Å². The van der Waals surface area contributed by atoms with Crippen LogP contribution in [0.3, 0.4) is 0 Å². The van der Waals surface area contributed by atoms with Gasteiger partial charge >= 0.3 is 0 Å². The molecular formula is C33H39N9O3. The lowest BCUT2D eigenvalue weighted by Gasteiger charge is -2.32. The van der Waals surface area contributed by atoms with Crippen LogP contribution < -0.4 is 15.4 Å². The molecule has 3 aromatic heterocycles. The number of fused-ring (bicyclic) bond motifs is 1. The lowest BCUT2D eigenvalue weighted by Crippen LogP contribution is -2.43. The molecular weight excluding hydrogens is 570 g/mol. The Bertz CT molecular complexity index is 1740. The number of hydrogen-bond donors (Lipinski definition) is 3. The lowest BCUT2D eigenvalue weighted by molar-refractivity contribution is 0.102. The van der Waals surface area contributed by atoms with Crippen molar-refractivity contribution in [2.45, 2.75) is 13.5 Å². The number of ether oxygens (including phenoxy) is 2. The highest BCUT2D eigenvalue weighted by Gasteiger charge is 2.18. The summed E-state index contributed by atoms with van der Waals surface area (Å²) < 4.78 is 13.0. The summed E-state index contributed by atoms with van der Waals surface area (Å²) in [6.07, 6.45) is 1.89. The van der Waals surface area contributed by atoms with E-state index in [1.165, 1.54) is 5.56 Å². The predicted molar refractivity (Wildman–Crippen MR) is 175 cm³/mol. The van der Waals surface area contributed by atoms with Crippen LogP contribution in [0.15, 0.2) is 60.8 Å². The summed E-state index contributed by atoms with van der Waals surface area (Å²) in [6.45, 7) is 7.98. The van der Waals surface area contributed by atoms with Crippen molar-refractivity contribution >= 4 is 34.3 Å². The highest BCUT2D eigenvalue weighted by Crippen LogP contribution is 2.35. The molecule has 0 radical (unpaired) electrons. The highest BCUT2D eigenvalue weighted by molar-refractivity contribution is 6.03. The first-order chi connectivity index (χ1) is 21.9. The predicted octanol–water partition coefficient (Wildman–Crippen LogP) is 4.44. The van der Waals surface area contributed by atoms with Crippen molar-refractivity contribution in [1.29, 1.82) is 0 Å². The first-order valence-electron chi connectivity index (χ1n) is 15.1. The zero-order valence-electron chi connectivity index (χ0n) is 26.1. The van der Waals surface area contributed by atoms with Gasteiger partial charge in [0.05, 0.1) is 12.0 Å². The van der Waals surface area contributed by atoms with Gasteiger partial charge in [-0.15, -0.1) is 0 Å². The van der Waals surface area contributed by atoms with Crippen LogP contribution in [-0.4, -0.2) is 94.0 Å². The SMILES string of the molecule is COCCOc1nc(Nc2ccc(CN3CCN(C)CC3)cc2)nc2[nH]cc(-c3ccc(NC(=O)c4cc(C)n(C)n4)cc3)c12. The zero-order chi connectivity index (χ0) is 31.3. The molecule has 4 heterocycles. The van der Waals surface area contributed by atoms with Gasteiger partial charge in [-0.3, -0.25) is 14.4 Å². The van der Waals surface area contributed by atoms with Crippen LogP contribution in [0.5, 0.6) is 5.88 Å². The van der Waals surface area contributed by atoms with Crippen LogP contribution in [0.1, 0.15) is 21.7 Å². The third-order valence-corrected chi connectivity index (χ3v) is 8.04. The number of rotatable bonds is 11. The maximum Gasteiger partial charge on any atom is 0.276 e. The summed E-state index contributed by atoms with van der Waals surface area (Å²) >= 11 is 0. The largest absolute Gasteiger partial charge is 0.475 e. The fourth-order valence-electron chi connectivity index (χ4n) is 5.30. The van der Waals surface area contributed by atoms with Crippen LogP contribution in [0.4, 0.5) is 17.3 Å². The standard InChI is InChI=1S/C33H39N9O3/c1-22-19-28(39-41(22)3)31(43)35-25-11-7-24(8-12-25)27-20-34-30-29(27)32(45-18-17-44-4)38-33(37-30)36-26-9-5-23(6-10-26)21-42-15-13-40(2)14-16-42/h5-12,19-20H,13-18,21H2,1-4H3,(H,35,43)(H2,34,36,37,38). The van der Waals surface area contributed by atoms with Gasteiger partial charge in [0.2, 0.25) is 11.8 Å². The van der Waals surface area contributed by atoms with E-state index in [9.17, 15) is 4.79 Å². The first kappa shape index (κ1) is 30.3. The van der Waals surface area contributed by atoms with Crippen molar-refractivity contribution in [2.75, 3.05) is 64.2 Å². The fraction of sp³-hybridized carbons (Fsp3) is 0.333. The number of amides is 1. The number of carbonyl (C=O) groups is 1. The normalized spacial score (nSPS) is 14.1. The second-order valence-electron chi connectivity index (χ2n) is 11.3. The summed E-state index contributed by atoms with van der Waals surface area (Å²) in [6, 6.07) is 17.8. The first-order valence-corrected chi connectivity index (χ1v) is 15.1. The Labute approximate surface area is 262 Å². The quantitative estimate of drug-likeness (QED) is 0.187. The molecule has 1 aliphatic heterocycles. The van der Waals surface area contributed by atoms with E-state index in [1.807, 2.05) is 44.4 Å². The molecule has 0 bridgehead atoms. The summed E-state index contributed by atoms with van der Waals surface area (Å²) in [5.41, 5.74) is 6.57. The Hall–Kier alpha value is -4.78. The van der Waals surface area contributed by atoms with Crippen LogP contribution in [0.2, 0.25) is 0 Å². The van der Waals surface area contributed by atoms with Crippen LogP contribution in [0.25, 0.3) is 22.2 Å². The van der Waals surface area contributed by atoms with Crippen molar-refractivity contribution < 1.29 is 14.3 Å². The third kappa shape index (κ3) is 7.14. The topological polar surface area (TPSA) is 125 Å². The molecule has 12 heteroatoms. The number of likely N-dealkylation sites (N-methyl/N-ethyl adjacent to an activating group) is 1. The molecule has 0 unspecified atom stereocenters. The number of hydrogen-bond acceptors (Lipinski definition) is 9. The van der Waals surface area contributed by atoms with Gasteiger partial charge in [-0.1, -0.05) is 24.3 Å². The number of aromatic nitrogens is 5. The highest BCUT2D eigenvalue weighted by atomic mass is 16.5. The van der Waals surface area contributed by atoms with Crippen molar-refractivity contribution in [3.8, 4) is 17.0 Å². The molecule has 1 amide bonds. The van der Waals surface area contributed by atoms with Crippen molar-refractivity contribution in [1.82, 2.24) is 34.5 Å². The molecule has 45 heavy (non-hydrogen) atoms. The Balaban J connectivity index is 1.19. The van der Waals surface area contributed by atoms with Crippen LogP contribution in [0, 0.1) is 6.92 Å². The van der Waals surface area contributed by atoms with Gasteiger partial charge in [-0.2, -0.15) is 15.1 Å². The molecule has 1 aliphatic rings. The van der Waals surface area contributed by atoms with Gasteiger partial charge < -0.3 is 30.0 Å². The third-order valence-electron chi connectivity index (χ3n) is 8.04. The Morgan fingerprint density at radius 3 is 2.38 bits per heavy atom. The number of aryl methyl sites for hydroxylation is 2. The van der Waals surface area contributed by atoms with E-state index in [-0.39, 0.29) is 5.91 Å². The van der Waals surface area contributed by atoms with E-state index in [2.05, 4.69) is 61.8 Å². The van der Waals surface area contributed by atoms with Gasteiger partial charge in [0.15, 0.2) is 5.69 Å². The number of nitrogens with zero attached hydrogens (tertiary/aromatic N) is 6. The van der Waals surface area contributed by atoms with Gasteiger partial charge in [-0.05, 0) is 55.4 Å². The van der Waals surface area contributed by atoms with Crippen molar-refractivity contribution in [3.63, 3.8) is 0 Å². The molecule has 5 aromatic rings. The maximum atomic E-state index is 12.7. The maximum absolute atomic E-state index is 12.7. The van der Waals surface area contributed by atoms with E-state index < -0.39 is 0 Å². The summed E-state index contributed by atoms with van der Waals surface area (Å²) in [5, 5.41) is 11.3. The number of nitrogens with one attached hydrogen (secondary N) is 3. The molecule has 2 aromatic carbocycles. The minimum atomic E-state index is -0.259. The number of aromatic amines is 1. The molecule has 0 aliphatic carbocycles. The fourth-order valence-corrected chi connectivity index (χ4v) is 5.30. The van der Waals surface area contributed by atoms with E-state index in [4.69, 9.17) is 19.4 Å². The van der Waals surface area contributed by atoms with E-state index >= 15 is 0 Å². The molecule has 3 N–H and O–H groups in total. The minimum absolute atomic E-state index is 0.259. The minimum Gasteiger partial charge on any atom is -0.475 e. The monoisotopic (exact) mass is 609 g/mol. The number of anilines is 3. The smallest absolute Gasteiger partial charge is 0.276 e. The number of piperazine rings is 1. The average Bonchev–Trinajstić information content (AvgIpc) is 3.62. The zero-order valence-corrected chi connectivity index (χ0v) is 26.1. The molecule has 0 spiro atoms. The van der Waals surface area contributed by atoms with Gasteiger partial charge in [0.25, 0.3) is 5.91 Å². The summed E-state index contributed by atoms with van der Waals surface area (Å²) in [7, 11) is 5.62. The average molecular weight is 610 g/mol. The van der Waals surface area contributed by atoms with Gasteiger partial charge in [0, 0.05) is 75.7 Å². The molecule has 234 valence electrons. The van der Waals surface area contributed by atoms with E-state index in [0.717, 1.165) is 60.6 Å². The molecule has 12 nitrogen and oxygen atoms in total. The Morgan fingerprint density at radius 1 is 0.956 bits per heavy atom. The molecule has 0 saturated carbocycles. The molecule has 6 rings (SSSR count). The summed E-state index contributed by atoms with van der Waals surface area (Å²) in [4.78, 5) is 30.3. The molecule has 1 fully saturated rings. The Morgan fingerprint density at radius 2 is 1.69 bits per heavy atom.